The number of hydrogen-bond acceptors (Lipinski definition) is 3. The maximum absolute atomic E-state index is 12.8. The molecule has 1 saturated heterocycles. The highest BCUT2D eigenvalue weighted by molar-refractivity contribution is 5.85. The highest BCUT2D eigenvalue weighted by Gasteiger charge is 2.34. The predicted molar refractivity (Wildman–Crippen MR) is 82.7 cm³/mol. The standard InChI is InChI=1S/C15H21F3N2O.ClH/c1-19-12-5-4-8-20(11-12)9-10-21-14-7-3-2-6-13(14)15(16,17)18;/h2-3,6-7,12,19H,4-5,8-11H2,1H3;1H. The molecule has 1 heterocycles. The molecule has 1 aliphatic heterocycles. The van der Waals surface area contributed by atoms with Crippen LogP contribution in [-0.2, 0) is 6.18 Å². The fourth-order valence-corrected chi connectivity index (χ4v) is 2.61. The number of alkyl halides is 3. The number of nitrogens with zero attached hydrogens (tertiary/aromatic N) is 1. The Hall–Kier alpha value is -0.980. The minimum Gasteiger partial charge on any atom is -0.492 e. The summed E-state index contributed by atoms with van der Waals surface area (Å²) >= 11 is 0. The smallest absolute Gasteiger partial charge is 0.419 e. The van der Waals surface area contributed by atoms with E-state index in [1.807, 2.05) is 7.05 Å². The van der Waals surface area contributed by atoms with Crippen molar-refractivity contribution in [1.82, 2.24) is 10.2 Å². The van der Waals surface area contributed by atoms with Crippen molar-refractivity contribution in [2.45, 2.75) is 25.1 Å². The first-order valence-corrected chi connectivity index (χ1v) is 7.19. The van der Waals surface area contributed by atoms with Crippen LogP contribution >= 0.6 is 12.4 Å². The molecule has 0 bridgehead atoms. The highest BCUT2D eigenvalue weighted by atomic mass is 35.5. The van der Waals surface area contributed by atoms with Gasteiger partial charge >= 0.3 is 6.18 Å². The second kappa shape index (κ2) is 8.60. The van der Waals surface area contributed by atoms with Crippen LogP contribution in [0.3, 0.4) is 0 Å². The molecule has 1 N–H and O–H groups in total. The average molecular weight is 339 g/mol. The van der Waals surface area contributed by atoms with Crippen LogP contribution < -0.4 is 10.1 Å². The van der Waals surface area contributed by atoms with Gasteiger partial charge in [0.05, 0.1) is 5.56 Å². The summed E-state index contributed by atoms with van der Waals surface area (Å²) in [7, 11) is 1.93. The minimum atomic E-state index is -4.38. The maximum atomic E-state index is 12.8. The van der Waals surface area contributed by atoms with Gasteiger partial charge in [-0.15, -0.1) is 12.4 Å². The largest absolute Gasteiger partial charge is 0.492 e. The maximum Gasteiger partial charge on any atom is 0.419 e. The van der Waals surface area contributed by atoms with Crippen LogP contribution in [0.4, 0.5) is 13.2 Å². The molecular formula is C15H22ClF3N2O. The van der Waals surface area contributed by atoms with Crippen LogP contribution in [0, 0.1) is 0 Å². The molecule has 1 fully saturated rings. The Bertz CT molecular complexity index is 457. The number of nitrogens with one attached hydrogen (secondary N) is 1. The van der Waals surface area contributed by atoms with Gasteiger partial charge in [0.1, 0.15) is 12.4 Å². The molecule has 1 atom stereocenters. The SMILES string of the molecule is CNC1CCCN(CCOc2ccccc2C(F)(F)F)C1.Cl. The van der Waals surface area contributed by atoms with Gasteiger partial charge < -0.3 is 10.1 Å². The summed E-state index contributed by atoms with van der Waals surface area (Å²) in [6.45, 7) is 2.80. The number of para-hydroxylation sites is 1. The molecule has 126 valence electrons. The van der Waals surface area contributed by atoms with Crippen molar-refractivity contribution < 1.29 is 17.9 Å². The molecule has 0 aliphatic carbocycles. The summed E-state index contributed by atoms with van der Waals surface area (Å²) in [6, 6.07) is 5.81. The lowest BCUT2D eigenvalue weighted by atomic mass is 10.1. The van der Waals surface area contributed by atoms with Gasteiger partial charge in [-0.05, 0) is 38.6 Å². The van der Waals surface area contributed by atoms with Crippen LogP contribution in [0.25, 0.3) is 0 Å². The molecule has 1 aromatic rings. The number of piperidine rings is 1. The molecule has 0 spiro atoms. The molecule has 0 aromatic heterocycles. The Labute approximate surface area is 135 Å². The molecule has 0 amide bonds. The number of likely N-dealkylation sites (N-methyl/N-ethyl adjacent to an activating group) is 1. The number of likely N-dealkylation sites (tertiary alicyclic amines) is 1. The molecule has 7 heteroatoms. The van der Waals surface area contributed by atoms with Gasteiger partial charge in [0.2, 0.25) is 0 Å². The van der Waals surface area contributed by atoms with Crippen LogP contribution in [-0.4, -0.2) is 44.2 Å². The van der Waals surface area contributed by atoms with Crippen molar-refractivity contribution in [3.8, 4) is 5.75 Å². The zero-order valence-corrected chi connectivity index (χ0v) is 13.3. The fourth-order valence-electron chi connectivity index (χ4n) is 2.61. The first kappa shape index (κ1) is 19.1. The van der Waals surface area contributed by atoms with Gasteiger partial charge in [-0.25, -0.2) is 0 Å². The molecule has 0 radical (unpaired) electrons. The van der Waals surface area contributed by atoms with Crippen molar-refractivity contribution in [2.24, 2.45) is 0 Å². The van der Waals surface area contributed by atoms with E-state index in [2.05, 4.69) is 10.2 Å². The van der Waals surface area contributed by atoms with Crippen molar-refractivity contribution in [1.29, 1.82) is 0 Å². The first-order chi connectivity index (χ1) is 10.0. The lowest BCUT2D eigenvalue weighted by Crippen LogP contribution is -2.45. The third-order valence-corrected chi connectivity index (χ3v) is 3.77. The Morgan fingerprint density at radius 2 is 2.05 bits per heavy atom. The normalized spacial score (nSPS) is 19.5. The highest BCUT2D eigenvalue weighted by Crippen LogP contribution is 2.35. The summed E-state index contributed by atoms with van der Waals surface area (Å²) in [6.07, 6.45) is -2.13. The number of benzene rings is 1. The number of hydrogen-bond donors (Lipinski definition) is 1. The van der Waals surface area contributed by atoms with Gasteiger partial charge in [0.15, 0.2) is 0 Å². The number of halogens is 4. The lowest BCUT2D eigenvalue weighted by molar-refractivity contribution is -0.139. The van der Waals surface area contributed by atoms with Gasteiger partial charge in [-0.1, -0.05) is 12.1 Å². The second-order valence-electron chi connectivity index (χ2n) is 5.27. The van der Waals surface area contributed by atoms with Crippen LogP contribution in [0.15, 0.2) is 24.3 Å². The molecule has 3 nitrogen and oxygen atoms in total. The van der Waals surface area contributed by atoms with E-state index in [0.29, 0.717) is 12.6 Å². The zero-order valence-electron chi connectivity index (χ0n) is 12.5. The topological polar surface area (TPSA) is 24.5 Å². The van der Waals surface area contributed by atoms with Crippen molar-refractivity contribution >= 4 is 12.4 Å². The van der Waals surface area contributed by atoms with Crippen molar-refractivity contribution in [3.63, 3.8) is 0 Å². The molecule has 1 aromatic carbocycles. The summed E-state index contributed by atoms with van der Waals surface area (Å²) < 4.78 is 43.8. The van der Waals surface area contributed by atoms with Gasteiger partial charge in [0.25, 0.3) is 0 Å². The van der Waals surface area contributed by atoms with E-state index in [9.17, 15) is 13.2 Å². The van der Waals surface area contributed by atoms with Gasteiger partial charge in [0, 0.05) is 19.1 Å². The van der Waals surface area contributed by atoms with Crippen LogP contribution in [0.5, 0.6) is 5.75 Å². The molecule has 1 unspecified atom stereocenters. The summed E-state index contributed by atoms with van der Waals surface area (Å²) in [5.41, 5.74) is -0.711. The van der Waals surface area contributed by atoms with Crippen LogP contribution in [0.2, 0.25) is 0 Å². The van der Waals surface area contributed by atoms with Gasteiger partial charge in [-0.2, -0.15) is 13.2 Å². The molecule has 22 heavy (non-hydrogen) atoms. The predicted octanol–water partition coefficient (Wildman–Crippen LogP) is 3.19. The van der Waals surface area contributed by atoms with Crippen molar-refractivity contribution in [2.75, 3.05) is 33.3 Å². The molecular weight excluding hydrogens is 317 g/mol. The molecule has 0 saturated carbocycles. The lowest BCUT2D eigenvalue weighted by Gasteiger charge is -2.32. The van der Waals surface area contributed by atoms with Crippen LogP contribution in [0.1, 0.15) is 18.4 Å². The third-order valence-electron chi connectivity index (χ3n) is 3.77. The molecule has 2 rings (SSSR count). The summed E-state index contributed by atoms with van der Waals surface area (Å²) in [5.74, 6) is -0.0906. The zero-order chi connectivity index (χ0) is 15.3. The first-order valence-electron chi connectivity index (χ1n) is 7.19. The molecule has 1 aliphatic rings. The Balaban J connectivity index is 0.00000242. The second-order valence-corrected chi connectivity index (χ2v) is 5.27. The van der Waals surface area contributed by atoms with E-state index in [1.165, 1.54) is 12.1 Å². The monoisotopic (exact) mass is 338 g/mol. The summed E-state index contributed by atoms with van der Waals surface area (Å²) in [4.78, 5) is 2.22. The van der Waals surface area contributed by atoms with E-state index >= 15 is 0 Å². The quantitative estimate of drug-likeness (QED) is 0.892. The van der Waals surface area contributed by atoms with E-state index in [1.54, 1.807) is 6.07 Å². The van der Waals surface area contributed by atoms with Crippen molar-refractivity contribution in [3.05, 3.63) is 29.8 Å². The number of rotatable bonds is 5. The van der Waals surface area contributed by atoms with E-state index in [0.717, 1.165) is 32.0 Å². The van der Waals surface area contributed by atoms with Gasteiger partial charge in [-0.3, -0.25) is 4.90 Å². The Morgan fingerprint density at radius 1 is 1.32 bits per heavy atom. The van der Waals surface area contributed by atoms with E-state index in [4.69, 9.17) is 4.74 Å². The average Bonchev–Trinajstić information content (AvgIpc) is 2.47. The fraction of sp³-hybridized carbons (Fsp3) is 0.600. The Morgan fingerprint density at radius 3 is 2.73 bits per heavy atom. The Kier molecular flexibility index (Phi) is 7.45. The number of ether oxygens (including phenoxy) is 1. The minimum absolute atomic E-state index is 0. The summed E-state index contributed by atoms with van der Waals surface area (Å²) in [5, 5.41) is 3.24. The third kappa shape index (κ3) is 5.34. The van der Waals surface area contributed by atoms with E-state index in [-0.39, 0.29) is 24.8 Å². The van der Waals surface area contributed by atoms with E-state index < -0.39 is 11.7 Å².